The summed E-state index contributed by atoms with van der Waals surface area (Å²) >= 11 is 6.04. The third-order valence-electron chi connectivity index (χ3n) is 4.43. The number of hydrogen-bond donors (Lipinski definition) is 0. The summed E-state index contributed by atoms with van der Waals surface area (Å²) in [6.07, 6.45) is 3.11. The molecule has 0 radical (unpaired) electrons. The molecular formula is C21H18ClNO4. The summed E-state index contributed by atoms with van der Waals surface area (Å²) in [5, 5.41) is 0.612. The number of ether oxygens (including phenoxy) is 1. The zero-order valence-corrected chi connectivity index (χ0v) is 15.7. The number of Topliss-reactive ketones (excluding diaryl/α,β-unsaturated/α-hetero) is 1. The molecule has 27 heavy (non-hydrogen) atoms. The number of aryl methyl sites for hydroxylation is 1. The van der Waals surface area contributed by atoms with Crippen LogP contribution in [0.25, 0.3) is 6.08 Å². The van der Waals surface area contributed by atoms with Gasteiger partial charge in [0.25, 0.3) is 0 Å². The molecule has 0 N–H and O–H groups in total. The van der Waals surface area contributed by atoms with Crippen LogP contribution in [0, 0.1) is 6.92 Å². The van der Waals surface area contributed by atoms with Gasteiger partial charge in [0.15, 0.2) is 12.4 Å². The second-order valence-corrected chi connectivity index (χ2v) is 6.75. The molecule has 0 aliphatic carbocycles. The van der Waals surface area contributed by atoms with Crippen LogP contribution in [-0.2, 0) is 20.7 Å². The fourth-order valence-corrected chi connectivity index (χ4v) is 2.98. The largest absolute Gasteiger partial charge is 0.454 e. The van der Waals surface area contributed by atoms with E-state index in [1.54, 1.807) is 42.3 Å². The van der Waals surface area contributed by atoms with Crippen molar-refractivity contribution < 1.29 is 19.1 Å². The molecule has 0 saturated heterocycles. The van der Waals surface area contributed by atoms with Gasteiger partial charge in [-0.2, -0.15) is 0 Å². The molecule has 1 aliphatic heterocycles. The molecule has 0 atom stereocenters. The van der Waals surface area contributed by atoms with Gasteiger partial charge in [-0.3, -0.25) is 9.59 Å². The lowest BCUT2D eigenvalue weighted by atomic mass is 10.1. The second-order valence-electron chi connectivity index (χ2n) is 6.35. The van der Waals surface area contributed by atoms with Crippen LogP contribution in [0.4, 0.5) is 5.69 Å². The lowest BCUT2D eigenvalue weighted by Gasteiger charge is -2.10. The molecule has 6 heteroatoms. The van der Waals surface area contributed by atoms with Crippen molar-refractivity contribution in [1.29, 1.82) is 0 Å². The van der Waals surface area contributed by atoms with E-state index in [9.17, 15) is 14.4 Å². The predicted octanol–water partition coefficient (Wildman–Crippen LogP) is 3.61. The Hall–Kier alpha value is -2.92. The summed E-state index contributed by atoms with van der Waals surface area (Å²) in [6, 6.07) is 10.5. The minimum absolute atomic E-state index is 0.0117. The number of likely N-dealkylation sites (N-methyl/N-ethyl adjacent to an activating group) is 1. The Bertz CT molecular complexity index is 965. The second kappa shape index (κ2) is 7.76. The normalized spacial score (nSPS) is 13.1. The van der Waals surface area contributed by atoms with E-state index in [-0.39, 0.29) is 24.7 Å². The number of amides is 1. The van der Waals surface area contributed by atoms with Crippen molar-refractivity contribution in [3.63, 3.8) is 0 Å². The van der Waals surface area contributed by atoms with E-state index < -0.39 is 5.97 Å². The van der Waals surface area contributed by atoms with Crippen molar-refractivity contribution in [2.24, 2.45) is 0 Å². The highest BCUT2D eigenvalue weighted by atomic mass is 35.5. The molecule has 0 saturated carbocycles. The maximum atomic E-state index is 12.3. The number of anilines is 1. The quantitative estimate of drug-likeness (QED) is 0.449. The number of halogens is 1. The molecule has 1 amide bonds. The number of fused-ring (bicyclic) bond motifs is 1. The summed E-state index contributed by atoms with van der Waals surface area (Å²) in [5.41, 5.74) is 3.73. The monoisotopic (exact) mass is 383 g/mol. The average molecular weight is 384 g/mol. The van der Waals surface area contributed by atoms with E-state index in [0.29, 0.717) is 10.6 Å². The molecule has 0 spiro atoms. The van der Waals surface area contributed by atoms with Gasteiger partial charge in [-0.1, -0.05) is 23.7 Å². The molecule has 138 valence electrons. The van der Waals surface area contributed by atoms with Crippen molar-refractivity contribution in [1.82, 2.24) is 0 Å². The molecule has 0 fully saturated rings. The third-order valence-corrected chi connectivity index (χ3v) is 4.84. The molecule has 1 aliphatic rings. The molecule has 2 aromatic rings. The van der Waals surface area contributed by atoms with Crippen LogP contribution in [0.15, 0.2) is 42.5 Å². The number of ketones is 1. The van der Waals surface area contributed by atoms with E-state index in [4.69, 9.17) is 16.3 Å². The molecule has 2 aromatic carbocycles. The minimum atomic E-state index is -0.615. The highest BCUT2D eigenvalue weighted by Gasteiger charge is 2.24. The van der Waals surface area contributed by atoms with Crippen LogP contribution < -0.4 is 4.90 Å². The number of nitrogens with zero attached hydrogens (tertiary/aromatic N) is 1. The maximum absolute atomic E-state index is 12.3. The standard InChI is InChI=1S/C21H18ClNO4/c1-13-3-4-14(9-17(13)22)5-8-21(26)27-12-19(24)15-6-7-18-16(10-15)11-20(25)23(18)2/h3-10H,11-12H2,1-2H3/b8-5+. The lowest BCUT2D eigenvalue weighted by Crippen LogP contribution is -2.20. The summed E-state index contributed by atoms with van der Waals surface area (Å²) in [6.45, 7) is 1.53. The number of hydrogen-bond acceptors (Lipinski definition) is 4. The van der Waals surface area contributed by atoms with Gasteiger partial charge in [0.05, 0.1) is 6.42 Å². The first-order valence-corrected chi connectivity index (χ1v) is 8.76. The Labute approximate surface area is 162 Å². The average Bonchev–Trinajstić information content (AvgIpc) is 2.94. The first-order valence-electron chi connectivity index (χ1n) is 8.39. The molecule has 1 heterocycles. The molecular weight excluding hydrogens is 366 g/mol. The first kappa shape index (κ1) is 18.9. The summed E-state index contributed by atoms with van der Waals surface area (Å²) in [7, 11) is 1.70. The van der Waals surface area contributed by atoms with Gasteiger partial charge in [-0.05, 0) is 54.0 Å². The Balaban J connectivity index is 1.58. The van der Waals surface area contributed by atoms with Crippen molar-refractivity contribution in [2.45, 2.75) is 13.3 Å². The van der Waals surface area contributed by atoms with Crippen LogP contribution in [0.5, 0.6) is 0 Å². The SMILES string of the molecule is Cc1ccc(/C=C/C(=O)OCC(=O)c2ccc3c(c2)CC(=O)N3C)cc1Cl. The zero-order chi connectivity index (χ0) is 19.6. The molecule has 0 unspecified atom stereocenters. The van der Waals surface area contributed by atoms with Gasteiger partial charge in [0.1, 0.15) is 0 Å². The number of rotatable bonds is 5. The Morgan fingerprint density at radius 3 is 2.74 bits per heavy atom. The van der Waals surface area contributed by atoms with Crippen molar-refractivity contribution >= 4 is 41.0 Å². The van der Waals surface area contributed by atoms with Crippen LogP contribution in [0.1, 0.15) is 27.0 Å². The van der Waals surface area contributed by atoms with Crippen LogP contribution in [-0.4, -0.2) is 31.3 Å². The first-order chi connectivity index (χ1) is 12.8. The van der Waals surface area contributed by atoms with E-state index in [0.717, 1.165) is 22.4 Å². The summed E-state index contributed by atoms with van der Waals surface area (Å²) in [4.78, 5) is 37.4. The van der Waals surface area contributed by atoms with Gasteiger partial charge >= 0.3 is 5.97 Å². The van der Waals surface area contributed by atoms with Gasteiger partial charge in [0.2, 0.25) is 5.91 Å². The molecule has 0 bridgehead atoms. The molecule has 5 nitrogen and oxygen atoms in total. The topological polar surface area (TPSA) is 63.7 Å². The van der Waals surface area contributed by atoms with Gasteiger partial charge in [-0.15, -0.1) is 0 Å². The van der Waals surface area contributed by atoms with Crippen LogP contribution >= 0.6 is 11.6 Å². The van der Waals surface area contributed by atoms with Crippen molar-refractivity contribution in [3.05, 3.63) is 69.8 Å². The Kier molecular flexibility index (Phi) is 5.42. The van der Waals surface area contributed by atoms with E-state index in [1.165, 1.54) is 6.08 Å². The van der Waals surface area contributed by atoms with Gasteiger partial charge in [0, 0.05) is 29.4 Å². The number of carbonyl (C=O) groups excluding carboxylic acids is 3. The summed E-state index contributed by atoms with van der Waals surface area (Å²) in [5.74, 6) is -0.946. The summed E-state index contributed by atoms with van der Waals surface area (Å²) < 4.78 is 5.01. The fourth-order valence-electron chi connectivity index (χ4n) is 2.79. The van der Waals surface area contributed by atoms with Gasteiger partial charge < -0.3 is 9.64 Å². The lowest BCUT2D eigenvalue weighted by molar-refractivity contribution is -0.136. The number of benzene rings is 2. The highest BCUT2D eigenvalue weighted by Crippen LogP contribution is 2.28. The van der Waals surface area contributed by atoms with Crippen LogP contribution in [0.3, 0.4) is 0 Å². The predicted molar refractivity (Wildman–Crippen MR) is 104 cm³/mol. The van der Waals surface area contributed by atoms with Crippen LogP contribution in [0.2, 0.25) is 5.02 Å². The number of carbonyl (C=O) groups is 3. The molecule has 0 aromatic heterocycles. The number of esters is 1. The van der Waals surface area contributed by atoms with Crippen molar-refractivity contribution in [2.75, 3.05) is 18.6 Å². The van der Waals surface area contributed by atoms with E-state index >= 15 is 0 Å². The Morgan fingerprint density at radius 2 is 2.00 bits per heavy atom. The minimum Gasteiger partial charge on any atom is -0.454 e. The fraction of sp³-hybridized carbons (Fsp3) is 0.190. The molecule has 3 rings (SSSR count). The maximum Gasteiger partial charge on any atom is 0.331 e. The Morgan fingerprint density at radius 1 is 1.22 bits per heavy atom. The third kappa shape index (κ3) is 4.26. The zero-order valence-electron chi connectivity index (χ0n) is 15.0. The smallest absolute Gasteiger partial charge is 0.331 e. The highest BCUT2D eigenvalue weighted by molar-refractivity contribution is 6.31. The van der Waals surface area contributed by atoms with Crippen molar-refractivity contribution in [3.8, 4) is 0 Å². The van der Waals surface area contributed by atoms with Gasteiger partial charge in [-0.25, -0.2) is 4.79 Å². The van der Waals surface area contributed by atoms with E-state index in [2.05, 4.69) is 0 Å². The van der Waals surface area contributed by atoms with E-state index in [1.807, 2.05) is 19.1 Å².